The van der Waals surface area contributed by atoms with Crippen molar-refractivity contribution < 1.29 is 0 Å². The van der Waals surface area contributed by atoms with E-state index in [-0.39, 0.29) is 0 Å². The zero-order chi connectivity index (χ0) is 12.8. The number of nitrogens with zero attached hydrogens (tertiary/aromatic N) is 4. The predicted molar refractivity (Wildman–Crippen MR) is 75.0 cm³/mol. The number of hydrogen-bond donors (Lipinski definition) is 0. The maximum Gasteiger partial charge on any atom is 0.148 e. The Labute approximate surface area is 111 Å². The van der Waals surface area contributed by atoms with Crippen molar-refractivity contribution >= 4 is 17.6 Å². The van der Waals surface area contributed by atoms with Crippen LogP contribution in [0.3, 0.4) is 0 Å². The first kappa shape index (κ1) is 12.8. The molecular weight excluding hydrogens is 244 g/mol. The van der Waals surface area contributed by atoms with Gasteiger partial charge in [-0.3, -0.25) is 9.97 Å². The number of aromatic nitrogens is 3. The Morgan fingerprint density at radius 1 is 1.28 bits per heavy atom. The molecule has 18 heavy (non-hydrogen) atoms. The van der Waals surface area contributed by atoms with Crippen molar-refractivity contribution in [2.75, 3.05) is 24.7 Å². The topological polar surface area (TPSA) is 41.9 Å². The Kier molecular flexibility index (Phi) is 4.52. The quantitative estimate of drug-likeness (QED) is 0.771. The first-order valence-corrected chi connectivity index (χ1v) is 6.99. The lowest BCUT2D eigenvalue weighted by Gasteiger charge is -2.17. The van der Waals surface area contributed by atoms with Gasteiger partial charge in [0.2, 0.25) is 0 Å². The van der Waals surface area contributed by atoms with E-state index in [1.165, 1.54) is 0 Å². The van der Waals surface area contributed by atoms with Crippen molar-refractivity contribution in [1.82, 2.24) is 15.0 Å². The first-order valence-electron chi connectivity index (χ1n) is 5.76. The molecule has 2 heterocycles. The van der Waals surface area contributed by atoms with E-state index in [4.69, 9.17) is 0 Å². The third-order valence-corrected chi connectivity index (χ3v) is 3.24. The molecule has 2 aromatic heterocycles. The molecule has 0 fully saturated rings. The zero-order valence-corrected chi connectivity index (χ0v) is 11.4. The zero-order valence-electron chi connectivity index (χ0n) is 10.6. The average molecular weight is 260 g/mol. The summed E-state index contributed by atoms with van der Waals surface area (Å²) in [5, 5.41) is 0.942. The first-order chi connectivity index (χ1) is 8.79. The summed E-state index contributed by atoms with van der Waals surface area (Å²) < 4.78 is 0. The van der Waals surface area contributed by atoms with Crippen LogP contribution in [0.1, 0.15) is 5.69 Å². The molecule has 0 saturated heterocycles. The molecule has 5 heteroatoms. The van der Waals surface area contributed by atoms with E-state index >= 15 is 0 Å². The molecule has 0 radical (unpaired) electrons. The van der Waals surface area contributed by atoms with Gasteiger partial charge in [0.05, 0.1) is 12.4 Å². The van der Waals surface area contributed by atoms with E-state index in [2.05, 4.69) is 19.9 Å². The van der Waals surface area contributed by atoms with Gasteiger partial charge in [0, 0.05) is 31.9 Å². The van der Waals surface area contributed by atoms with Crippen molar-refractivity contribution in [3.63, 3.8) is 0 Å². The highest BCUT2D eigenvalue weighted by molar-refractivity contribution is 7.98. The Bertz CT molecular complexity index is 489. The molecule has 0 atom stereocenters. The summed E-state index contributed by atoms with van der Waals surface area (Å²) in [7, 11) is 2.02. The molecule has 0 aromatic carbocycles. The van der Waals surface area contributed by atoms with Gasteiger partial charge in [0.15, 0.2) is 0 Å². The number of pyridine rings is 1. The van der Waals surface area contributed by atoms with Crippen molar-refractivity contribution in [3.8, 4) is 0 Å². The fraction of sp³-hybridized carbons (Fsp3) is 0.308. The molecule has 94 valence electrons. The molecule has 0 bridgehead atoms. The molecule has 0 N–H and O–H groups in total. The highest BCUT2D eigenvalue weighted by Gasteiger charge is 2.04. The highest BCUT2D eigenvalue weighted by Crippen LogP contribution is 2.14. The van der Waals surface area contributed by atoms with Gasteiger partial charge >= 0.3 is 0 Å². The number of hydrogen-bond acceptors (Lipinski definition) is 5. The van der Waals surface area contributed by atoms with Gasteiger partial charge in [-0.2, -0.15) is 0 Å². The van der Waals surface area contributed by atoms with Gasteiger partial charge in [-0.25, -0.2) is 4.98 Å². The van der Waals surface area contributed by atoms with Crippen LogP contribution >= 0.6 is 11.8 Å². The van der Waals surface area contributed by atoms with Crippen molar-refractivity contribution in [2.24, 2.45) is 0 Å². The van der Waals surface area contributed by atoms with Gasteiger partial charge in [-0.05, 0) is 18.4 Å². The standard InChI is InChI=1S/C13H16N4S/c1-17(8-6-11-5-3-4-7-15-11)12-9-14-10-13(16-12)18-2/h3-5,7,9-10H,6,8H2,1-2H3. The minimum absolute atomic E-state index is 0.878. The second-order valence-corrected chi connectivity index (χ2v) is 4.74. The Morgan fingerprint density at radius 3 is 2.89 bits per heavy atom. The second kappa shape index (κ2) is 6.35. The second-order valence-electron chi connectivity index (χ2n) is 3.91. The fourth-order valence-electron chi connectivity index (χ4n) is 1.56. The van der Waals surface area contributed by atoms with Crippen LogP contribution in [0.25, 0.3) is 0 Å². The van der Waals surface area contributed by atoms with Crippen molar-refractivity contribution in [1.29, 1.82) is 0 Å². The van der Waals surface area contributed by atoms with Gasteiger partial charge in [0.1, 0.15) is 10.8 Å². The number of rotatable bonds is 5. The molecule has 0 saturated carbocycles. The minimum atomic E-state index is 0.878. The summed E-state index contributed by atoms with van der Waals surface area (Å²) in [4.78, 5) is 15.1. The lowest BCUT2D eigenvalue weighted by molar-refractivity contribution is 0.825. The van der Waals surface area contributed by atoms with Crippen molar-refractivity contribution in [3.05, 3.63) is 42.5 Å². The molecule has 0 aliphatic carbocycles. The van der Waals surface area contributed by atoms with E-state index in [1.54, 1.807) is 24.2 Å². The van der Waals surface area contributed by atoms with E-state index in [0.29, 0.717) is 0 Å². The van der Waals surface area contributed by atoms with Crippen LogP contribution in [0.2, 0.25) is 0 Å². The molecule has 0 amide bonds. The molecule has 2 aromatic rings. The summed E-state index contributed by atoms with van der Waals surface area (Å²) >= 11 is 1.60. The largest absolute Gasteiger partial charge is 0.358 e. The summed E-state index contributed by atoms with van der Waals surface area (Å²) in [5.41, 5.74) is 1.10. The van der Waals surface area contributed by atoms with Gasteiger partial charge in [-0.15, -0.1) is 11.8 Å². The maximum absolute atomic E-state index is 4.51. The minimum Gasteiger partial charge on any atom is -0.358 e. The SMILES string of the molecule is CSc1cncc(N(C)CCc2ccccn2)n1. The van der Waals surface area contributed by atoms with Crippen LogP contribution in [0.15, 0.2) is 41.8 Å². The van der Waals surface area contributed by atoms with E-state index in [0.717, 1.165) is 29.5 Å². The molecule has 0 unspecified atom stereocenters. The lowest BCUT2D eigenvalue weighted by Crippen LogP contribution is -2.22. The Balaban J connectivity index is 1.97. The summed E-state index contributed by atoms with van der Waals surface area (Å²) in [6.45, 7) is 0.878. The molecular formula is C13H16N4S. The average Bonchev–Trinajstić information content (AvgIpc) is 2.46. The third kappa shape index (κ3) is 3.43. The van der Waals surface area contributed by atoms with Crippen LogP contribution in [-0.4, -0.2) is 34.8 Å². The van der Waals surface area contributed by atoms with E-state index in [9.17, 15) is 0 Å². The number of anilines is 1. The number of thioether (sulfide) groups is 1. The highest BCUT2D eigenvalue weighted by atomic mass is 32.2. The van der Waals surface area contributed by atoms with E-state index < -0.39 is 0 Å². The molecule has 0 spiro atoms. The summed E-state index contributed by atoms with van der Waals surface area (Å²) in [5.74, 6) is 0.901. The number of likely N-dealkylation sites (N-methyl/N-ethyl adjacent to an activating group) is 1. The third-order valence-electron chi connectivity index (χ3n) is 2.63. The van der Waals surface area contributed by atoms with Gasteiger partial charge in [0.25, 0.3) is 0 Å². The van der Waals surface area contributed by atoms with Crippen LogP contribution in [-0.2, 0) is 6.42 Å². The van der Waals surface area contributed by atoms with Crippen LogP contribution < -0.4 is 4.90 Å². The van der Waals surface area contributed by atoms with E-state index in [1.807, 2.05) is 37.7 Å². The smallest absolute Gasteiger partial charge is 0.148 e. The normalized spacial score (nSPS) is 10.3. The van der Waals surface area contributed by atoms with Crippen LogP contribution in [0.4, 0.5) is 5.82 Å². The summed E-state index contributed by atoms with van der Waals surface area (Å²) in [6.07, 6.45) is 8.30. The predicted octanol–water partition coefficient (Wildman–Crippen LogP) is 2.27. The van der Waals surface area contributed by atoms with Crippen molar-refractivity contribution in [2.45, 2.75) is 11.4 Å². The lowest BCUT2D eigenvalue weighted by atomic mass is 10.2. The molecule has 2 rings (SSSR count). The van der Waals surface area contributed by atoms with Crippen LogP contribution in [0, 0.1) is 0 Å². The Hall–Kier alpha value is -1.62. The molecule has 0 aliphatic rings. The molecule has 4 nitrogen and oxygen atoms in total. The summed E-state index contributed by atoms with van der Waals surface area (Å²) in [6, 6.07) is 5.98. The maximum atomic E-state index is 4.51. The monoisotopic (exact) mass is 260 g/mol. The molecule has 0 aliphatic heterocycles. The fourth-order valence-corrected chi connectivity index (χ4v) is 1.91. The Morgan fingerprint density at radius 2 is 2.17 bits per heavy atom. The van der Waals surface area contributed by atoms with Crippen LogP contribution in [0.5, 0.6) is 0 Å². The van der Waals surface area contributed by atoms with Gasteiger partial charge < -0.3 is 4.90 Å². The van der Waals surface area contributed by atoms with Gasteiger partial charge in [-0.1, -0.05) is 6.07 Å².